The number of benzene rings is 1. The number of thiol groups is 1. The van der Waals surface area contributed by atoms with E-state index in [2.05, 4.69) is 66.4 Å². The van der Waals surface area contributed by atoms with Crippen molar-refractivity contribution >= 4 is 24.8 Å². The molecule has 0 aliphatic heterocycles. The second-order valence-electron chi connectivity index (χ2n) is 4.25. The largest absolute Gasteiger partial charge is 0.288 e. The van der Waals surface area contributed by atoms with Crippen LogP contribution in [-0.4, -0.2) is 9.55 Å². The predicted octanol–water partition coefficient (Wildman–Crippen LogP) is 2.46. The lowest BCUT2D eigenvalue weighted by Gasteiger charge is -2.05. The van der Waals surface area contributed by atoms with Crippen molar-refractivity contribution in [2.45, 2.75) is 32.3 Å². The van der Waals surface area contributed by atoms with Crippen molar-refractivity contribution in [3.63, 3.8) is 0 Å². The first kappa shape index (κ1) is 13.0. The molecule has 2 rings (SSSR count). The van der Waals surface area contributed by atoms with Gasteiger partial charge in [-0.2, -0.15) is 0 Å². The van der Waals surface area contributed by atoms with Crippen LogP contribution in [0.4, 0.5) is 0 Å². The molecule has 1 heterocycles. The van der Waals surface area contributed by atoms with Crippen molar-refractivity contribution in [3.05, 3.63) is 40.5 Å². The van der Waals surface area contributed by atoms with E-state index in [4.69, 9.17) is 0 Å². The lowest BCUT2D eigenvalue weighted by Crippen LogP contribution is -2.29. The summed E-state index contributed by atoms with van der Waals surface area (Å²) in [5, 5.41) is 2.84. The summed E-state index contributed by atoms with van der Waals surface area (Å²) in [5.41, 5.74) is 2.36. The lowest BCUT2D eigenvalue weighted by atomic mass is 10.2. The predicted molar refractivity (Wildman–Crippen MR) is 79.7 cm³/mol. The Balaban J connectivity index is 2.75. The molecule has 0 bridgehead atoms. The fraction of sp³-hybridized carbons (Fsp3) is 0.267. The Morgan fingerprint density at radius 1 is 1.28 bits per heavy atom. The van der Waals surface area contributed by atoms with Crippen molar-refractivity contribution in [3.8, 4) is 5.69 Å². The van der Waals surface area contributed by atoms with Gasteiger partial charge in [-0.05, 0) is 32.4 Å². The SMILES string of the molecule is C/C=c1/nc(S)n(-c2ccc(C)cc2)/c1=C/CC. The highest BCUT2D eigenvalue weighted by molar-refractivity contribution is 7.80. The molecule has 18 heavy (non-hydrogen) atoms. The number of hydrogen-bond donors (Lipinski definition) is 1. The standard InChI is InChI=1S/C15H18N2S/c1-4-6-14-13(5-2)16-15(18)17(14)12-9-7-11(3)8-10-12/h5-10H,4H2,1-3H3,(H,16,18)/b13-5+,14-6+. The Hall–Kier alpha value is -1.48. The zero-order valence-electron chi connectivity index (χ0n) is 11.0. The van der Waals surface area contributed by atoms with Gasteiger partial charge in [-0.3, -0.25) is 4.57 Å². The molecule has 0 aliphatic rings. The Labute approximate surface area is 113 Å². The highest BCUT2D eigenvalue weighted by Crippen LogP contribution is 2.10. The average molecular weight is 258 g/mol. The van der Waals surface area contributed by atoms with Crippen molar-refractivity contribution < 1.29 is 0 Å². The van der Waals surface area contributed by atoms with Gasteiger partial charge in [0.25, 0.3) is 0 Å². The number of hydrogen-bond acceptors (Lipinski definition) is 2. The number of rotatable bonds is 2. The van der Waals surface area contributed by atoms with E-state index in [1.54, 1.807) is 0 Å². The van der Waals surface area contributed by atoms with E-state index >= 15 is 0 Å². The molecule has 2 aromatic rings. The van der Waals surface area contributed by atoms with Gasteiger partial charge >= 0.3 is 0 Å². The maximum atomic E-state index is 4.49. The zero-order chi connectivity index (χ0) is 13.1. The first-order chi connectivity index (χ1) is 8.67. The summed E-state index contributed by atoms with van der Waals surface area (Å²) in [6.07, 6.45) is 5.18. The molecule has 0 amide bonds. The van der Waals surface area contributed by atoms with E-state index in [-0.39, 0.29) is 0 Å². The van der Waals surface area contributed by atoms with Crippen molar-refractivity contribution in [2.75, 3.05) is 0 Å². The molecule has 3 heteroatoms. The highest BCUT2D eigenvalue weighted by Gasteiger charge is 2.05. The molecular formula is C15H18N2S. The Kier molecular flexibility index (Phi) is 3.92. The van der Waals surface area contributed by atoms with Crippen LogP contribution in [-0.2, 0) is 0 Å². The minimum atomic E-state index is 0.728. The molecule has 0 saturated heterocycles. The minimum absolute atomic E-state index is 0.728. The van der Waals surface area contributed by atoms with Crippen molar-refractivity contribution in [2.24, 2.45) is 0 Å². The van der Waals surface area contributed by atoms with Crippen LogP contribution in [0.2, 0.25) is 0 Å². The van der Waals surface area contributed by atoms with Crippen LogP contribution in [0.1, 0.15) is 25.8 Å². The highest BCUT2D eigenvalue weighted by atomic mass is 32.1. The molecular weight excluding hydrogens is 240 g/mol. The van der Waals surface area contributed by atoms with Gasteiger partial charge in [-0.25, -0.2) is 4.98 Å². The van der Waals surface area contributed by atoms with Gasteiger partial charge < -0.3 is 0 Å². The van der Waals surface area contributed by atoms with Gasteiger partial charge in [0.2, 0.25) is 0 Å². The third-order valence-electron chi connectivity index (χ3n) is 2.89. The monoisotopic (exact) mass is 258 g/mol. The summed E-state index contributed by atoms with van der Waals surface area (Å²) in [7, 11) is 0. The molecule has 0 saturated carbocycles. The molecule has 2 nitrogen and oxygen atoms in total. The lowest BCUT2D eigenvalue weighted by molar-refractivity contribution is 0.877. The third-order valence-corrected chi connectivity index (χ3v) is 3.19. The van der Waals surface area contributed by atoms with E-state index in [9.17, 15) is 0 Å². The maximum absolute atomic E-state index is 4.49. The molecule has 0 spiro atoms. The number of aryl methyl sites for hydroxylation is 1. The summed E-state index contributed by atoms with van der Waals surface area (Å²) in [6.45, 7) is 6.22. The van der Waals surface area contributed by atoms with Crippen LogP contribution < -0.4 is 10.7 Å². The first-order valence-corrected chi connectivity index (χ1v) is 6.63. The molecule has 0 aliphatic carbocycles. The fourth-order valence-corrected chi connectivity index (χ4v) is 2.32. The van der Waals surface area contributed by atoms with E-state index in [0.29, 0.717) is 0 Å². The summed E-state index contributed by atoms with van der Waals surface area (Å²) < 4.78 is 2.08. The molecule has 0 unspecified atom stereocenters. The van der Waals surface area contributed by atoms with E-state index in [0.717, 1.165) is 28.0 Å². The van der Waals surface area contributed by atoms with Gasteiger partial charge in [0.1, 0.15) is 0 Å². The smallest absolute Gasteiger partial charge is 0.170 e. The Morgan fingerprint density at radius 3 is 2.50 bits per heavy atom. The summed E-state index contributed by atoms with van der Waals surface area (Å²) >= 11 is 4.48. The van der Waals surface area contributed by atoms with Gasteiger partial charge in [0.15, 0.2) is 5.16 Å². The molecule has 1 aromatic carbocycles. The fourth-order valence-electron chi connectivity index (χ4n) is 1.99. The van der Waals surface area contributed by atoms with Crippen LogP contribution in [0.3, 0.4) is 0 Å². The van der Waals surface area contributed by atoms with Crippen molar-refractivity contribution in [1.82, 2.24) is 9.55 Å². The summed E-state index contributed by atoms with van der Waals surface area (Å²) in [4.78, 5) is 4.49. The topological polar surface area (TPSA) is 17.8 Å². The molecule has 0 atom stereocenters. The van der Waals surface area contributed by atoms with Gasteiger partial charge in [0, 0.05) is 5.69 Å². The number of imidazole rings is 1. The third kappa shape index (κ3) is 2.36. The minimum Gasteiger partial charge on any atom is -0.288 e. The van der Waals surface area contributed by atoms with Crippen LogP contribution in [0.15, 0.2) is 29.4 Å². The normalized spacial score (nSPS) is 13.3. The molecule has 94 valence electrons. The summed E-state index contributed by atoms with van der Waals surface area (Å²) in [6, 6.07) is 8.41. The van der Waals surface area contributed by atoms with Crippen LogP contribution in [0.25, 0.3) is 17.8 Å². The van der Waals surface area contributed by atoms with Gasteiger partial charge in [-0.1, -0.05) is 36.8 Å². The quantitative estimate of drug-likeness (QED) is 0.819. The van der Waals surface area contributed by atoms with Crippen LogP contribution in [0.5, 0.6) is 0 Å². The van der Waals surface area contributed by atoms with Crippen LogP contribution >= 0.6 is 12.6 Å². The second-order valence-corrected chi connectivity index (χ2v) is 4.65. The molecule has 0 N–H and O–H groups in total. The average Bonchev–Trinajstić information content (AvgIpc) is 2.68. The zero-order valence-corrected chi connectivity index (χ0v) is 11.9. The maximum Gasteiger partial charge on any atom is 0.170 e. The first-order valence-electron chi connectivity index (χ1n) is 6.18. The van der Waals surface area contributed by atoms with Crippen LogP contribution in [0, 0.1) is 6.92 Å². The van der Waals surface area contributed by atoms with E-state index < -0.39 is 0 Å². The van der Waals surface area contributed by atoms with Gasteiger partial charge in [-0.15, -0.1) is 12.6 Å². The Bertz CT molecular complexity index is 651. The van der Waals surface area contributed by atoms with Gasteiger partial charge in [0.05, 0.1) is 10.7 Å². The van der Waals surface area contributed by atoms with Crippen molar-refractivity contribution in [1.29, 1.82) is 0 Å². The number of aromatic nitrogens is 2. The Morgan fingerprint density at radius 2 is 1.94 bits per heavy atom. The number of nitrogens with zero attached hydrogens (tertiary/aromatic N) is 2. The summed E-state index contributed by atoms with van der Waals surface area (Å²) in [5.74, 6) is 0. The second kappa shape index (κ2) is 5.44. The van der Waals surface area contributed by atoms with E-state index in [1.807, 2.05) is 13.0 Å². The molecule has 0 radical (unpaired) electrons. The van der Waals surface area contributed by atoms with E-state index in [1.165, 1.54) is 5.56 Å². The molecule has 0 fully saturated rings. The molecule has 1 aromatic heterocycles.